The van der Waals surface area contributed by atoms with Gasteiger partial charge in [0.1, 0.15) is 12.6 Å². The largest absolute Gasteiger partial charge is 0.354 e. The van der Waals surface area contributed by atoms with Crippen molar-refractivity contribution >= 4 is 27.5 Å². The van der Waals surface area contributed by atoms with E-state index in [2.05, 4.69) is 5.32 Å². The Hall–Kier alpha value is -3.65. The van der Waals surface area contributed by atoms with Crippen molar-refractivity contribution in [2.75, 3.05) is 17.4 Å². The predicted octanol–water partition coefficient (Wildman–Crippen LogP) is 5.08. The topological polar surface area (TPSA) is 86.8 Å². The van der Waals surface area contributed by atoms with E-state index < -0.39 is 28.5 Å². The lowest BCUT2D eigenvalue weighted by Crippen LogP contribution is -2.52. The molecule has 0 aliphatic carbocycles. The van der Waals surface area contributed by atoms with Crippen LogP contribution in [0.2, 0.25) is 0 Å². The maximum Gasteiger partial charge on any atom is 0.264 e. The van der Waals surface area contributed by atoms with Crippen LogP contribution in [0, 0.1) is 19.8 Å². The van der Waals surface area contributed by atoms with Gasteiger partial charge in [0.2, 0.25) is 11.8 Å². The van der Waals surface area contributed by atoms with Crippen LogP contribution in [0.1, 0.15) is 43.9 Å². The molecule has 0 aliphatic heterocycles. The first-order chi connectivity index (χ1) is 18.5. The molecule has 3 rings (SSSR count). The molecule has 0 aromatic heterocycles. The number of amides is 2. The number of anilines is 1. The first-order valence-electron chi connectivity index (χ1n) is 13.3. The van der Waals surface area contributed by atoms with E-state index >= 15 is 0 Å². The number of nitrogens with one attached hydrogen (secondary N) is 1. The van der Waals surface area contributed by atoms with Crippen molar-refractivity contribution < 1.29 is 18.0 Å². The molecule has 3 aromatic rings. The van der Waals surface area contributed by atoms with Crippen LogP contribution in [0.4, 0.5) is 5.69 Å². The molecule has 0 unspecified atom stereocenters. The second-order valence-electron chi connectivity index (χ2n) is 10.2. The van der Waals surface area contributed by atoms with Crippen LogP contribution in [-0.4, -0.2) is 44.3 Å². The molecule has 3 aromatic carbocycles. The summed E-state index contributed by atoms with van der Waals surface area (Å²) in [4.78, 5) is 28.9. The molecule has 1 N–H and O–H groups in total. The fourth-order valence-electron chi connectivity index (χ4n) is 4.31. The van der Waals surface area contributed by atoms with Crippen molar-refractivity contribution in [3.63, 3.8) is 0 Å². The van der Waals surface area contributed by atoms with Gasteiger partial charge in [-0.25, -0.2) is 8.42 Å². The highest BCUT2D eigenvalue weighted by Gasteiger charge is 2.33. The standard InChI is InChI=1S/C31H39N3O4S/c1-6-29(31(36)32-20-23(2)3)33(21-26-12-10-11-25(5)19-26)30(35)22-34(27-17-15-24(4)16-18-27)39(37,38)28-13-8-7-9-14-28/h7-19,23,29H,6,20-22H2,1-5H3,(H,32,36)/t29-/m1/s1. The van der Waals surface area contributed by atoms with E-state index in [-0.39, 0.29) is 23.3 Å². The molecule has 0 saturated heterocycles. The van der Waals surface area contributed by atoms with Crippen molar-refractivity contribution in [3.05, 3.63) is 95.6 Å². The Morgan fingerprint density at radius 1 is 0.872 bits per heavy atom. The van der Waals surface area contributed by atoms with Gasteiger partial charge in [0.05, 0.1) is 10.6 Å². The Bertz CT molecular complexity index is 1360. The van der Waals surface area contributed by atoms with E-state index in [0.29, 0.717) is 18.7 Å². The van der Waals surface area contributed by atoms with Gasteiger partial charge in [0.15, 0.2) is 0 Å². The minimum absolute atomic E-state index is 0.0883. The van der Waals surface area contributed by atoms with Crippen LogP contribution >= 0.6 is 0 Å². The number of hydrogen-bond donors (Lipinski definition) is 1. The summed E-state index contributed by atoms with van der Waals surface area (Å²) in [5.74, 6) is -0.455. The zero-order valence-corrected chi connectivity index (χ0v) is 24.2. The van der Waals surface area contributed by atoms with E-state index in [4.69, 9.17) is 0 Å². The van der Waals surface area contributed by atoms with Crippen LogP contribution < -0.4 is 9.62 Å². The molecule has 2 amide bonds. The van der Waals surface area contributed by atoms with Gasteiger partial charge in [-0.15, -0.1) is 0 Å². The SMILES string of the molecule is CC[C@H](C(=O)NCC(C)C)N(Cc1cccc(C)c1)C(=O)CN(c1ccc(C)cc1)S(=O)(=O)c1ccccc1. The van der Waals surface area contributed by atoms with Gasteiger partial charge in [0, 0.05) is 13.1 Å². The highest BCUT2D eigenvalue weighted by Crippen LogP contribution is 2.25. The smallest absolute Gasteiger partial charge is 0.264 e. The number of sulfonamides is 1. The van der Waals surface area contributed by atoms with Crippen LogP contribution in [-0.2, 0) is 26.2 Å². The highest BCUT2D eigenvalue weighted by atomic mass is 32.2. The zero-order chi connectivity index (χ0) is 28.6. The number of carbonyl (C=O) groups is 2. The molecule has 1 atom stereocenters. The minimum atomic E-state index is -4.06. The average Bonchev–Trinajstić information content (AvgIpc) is 2.91. The Morgan fingerprint density at radius 2 is 1.54 bits per heavy atom. The summed E-state index contributed by atoms with van der Waals surface area (Å²) in [7, 11) is -4.06. The highest BCUT2D eigenvalue weighted by molar-refractivity contribution is 7.92. The summed E-state index contributed by atoms with van der Waals surface area (Å²) < 4.78 is 28.7. The lowest BCUT2D eigenvalue weighted by atomic mass is 10.1. The Balaban J connectivity index is 2.03. The predicted molar refractivity (Wildman–Crippen MR) is 156 cm³/mol. The summed E-state index contributed by atoms with van der Waals surface area (Å²) in [5.41, 5.74) is 3.25. The third-order valence-corrected chi connectivity index (χ3v) is 8.23. The average molecular weight is 550 g/mol. The maximum atomic E-state index is 14.0. The summed E-state index contributed by atoms with van der Waals surface area (Å²) >= 11 is 0. The fourth-order valence-corrected chi connectivity index (χ4v) is 5.74. The van der Waals surface area contributed by atoms with Gasteiger partial charge >= 0.3 is 0 Å². The number of rotatable bonds is 12. The van der Waals surface area contributed by atoms with Gasteiger partial charge in [-0.1, -0.05) is 86.5 Å². The van der Waals surface area contributed by atoms with Gasteiger partial charge < -0.3 is 10.2 Å². The molecule has 208 valence electrons. The quantitative estimate of drug-likeness (QED) is 0.341. The second kappa shape index (κ2) is 13.4. The van der Waals surface area contributed by atoms with Crippen LogP contribution in [0.5, 0.6) is 0 Å². The number of carbonyl (C=O) groups excluding carboxylic acids is 2. The van der Waals surface area contributed by atoms with E-state index in [1.807, 2.05) is 71.0 Å². The van der Waals surface area contributed by atoms with Gasteiger partial charge in [-0.3, -0.25) is 13.9 Å². The van der Waals surface area contributed by atoms with Crippen LogP contribution in [0.3, 0.4) is 0 Å². The fraction of sp³-hybridized carbons (Fsp3) is 0.355. The molecule has 0 radical (unpaired) electrons. The minimum Gasteiger partial charge on any atom is -0.354 e. The third-order valence-electron chi connectivity index (χ3n) is 6.44. The summed E-state index contributed by atoms with van der Waals surface area (Å²) in [6.45, 7) is 9.97. The Kier molecular flexibility index (Phi) is 10.3. The molecule has 39 heavy (non-hydrogen) atoms. The summed E-state index contributed by atoms with van der Waals surface area (Å²) in [6.07, 6.45) is 0.386. The van der Waals surface area contributed by atoms with Crippen molar-refractivity contribution in [1.82, 2.24) is 10.2 Å². The maximum absolute atomic E-state index is 14.0. The first-order valence-corrected chi connectivity index (χ1v) is 14.7. The molecule has 8 heteroatoms. The molecule has 0 heterocycles. The lowest BCUT2D eigenvalue weighted by Gasteiger charge is -2.33. The normalized spacial score (nSPS) is 12.2. The second-order valence-corrected chi connectivity index (χ2v) is 12.1. The van der Waals surface area contributed by atoms with E-state index in [1.165, 1.54) is 17.0 Å². The molecular weight excluding hydrogens is 510 g/mol. The zero-order valence-electron chi connectivity index (χ0n) is 23.4. The van der Waals surface area contributed by atoms with Crippen LogP contribution in [0.25, 0.3) is 0 Å². The Morgan fingerprint density at radius 3 is 2.13 bits per heavy atom. The lowest BCUT2D eigenvalue weighted by molar-refractivity contribution is -0.140. The number of hydrogen-bond acceptors (Lipinski definition) is 4. The monoisotopic (exact) mass is 549 g/mol. The molecular formula is C31H39N3O4S. The van der Waals surface area contributed by atoms with E-state index in [9.17, 15) is 18.0 Å². The molecule has 0 bridgehead atoms. The molecule has 0 spiro atoms. The first kappa shape index (κ1) is 29.9. The molecule has 7 nitrogen and oxygen atoms in total. The molecule has 0 fully saturated rings. The van der Waals surface area contributed by atoms with Gasteiger partial charge in [0.25, 0.3) is 10.0 Å². The van der Waals surface area contributed by atoms with Gasteiger partial charge in [-0.05, 0) is 56.0 Å². The number of benzene rings is 3. The van der Waals surface area contributed by atoms with Crippen molar-refractivity contribution in [3.8, 4) is 0 Å². The number of aryl methyl sites for hydroxylation is 2. The molecule has 0 aliphatic rings. The number of nitrogens with zero attached hydrogens (tertiary/aromatic N) is 2. The summed E-state index contributed by atoms with van der Waals surface area (Å²) in [6, 6.07) is 22.1. The molecule has 0 saturated carbocycles. The van der Waals surface area contributed by atoms with E-state index in [1.54, 1.807) is 30.3 Å². The summed E-state index contributed by atoms with van der Waals surface area (Å²) in [5, 5.41) is 2.95. The van der Waals surface area contributed by atoms with Crippen molar-refractivity contribution in [2.24, 2.45) is 5.92 Å². The van der Waals surface area contributed by atoms with Gasteiger partial charge in [-0.2, -0.15) is 0 Å². The van der Waals surface area contributed by atoms with E-state index in [0.717, 1.165) is 21.0 Å². The third kappa shape index (κ3) is 7.93. The van der Waals surface area contributed by atoms with Crippen molar-refractivity contribution in [1.29, 1.82) is 0 Å². The van der Waals surface area contributed by atoms with Crippen molar-refractivity contribution in [2.45, 2.75) is 58.5 Å². The Labute approximate surface area is 232 Å². The van der Waals surface area contributed by atoms with Crippen LogP contribution in [0.15, 0.2) is 83.8 Å².